The van der Waals surface area contributed by atoms with Gasteiger partial charge in [-0.15, -0.1) is 11.6 Å². The van der Waals surface area contributed by atoms with E-state index in [1.165, 1.54) is 11.8 Å². The molecule has 0 radical (unpaired) electrons. The van der Waals surface area contributed by atoms with Crippen LogP contribution in [-0.2, 0) is 7.05 Å². The van der Waals surface area contributed by atoms with Gasteiger partial charge in [-0.25, -0.2) is 0 Å². The molecule has 0 saturated heterocycles. The maximum Gasteiger partial charge on any atom is 0.396 e. The van der Waals surface area contributed by atoms with Gasteiger partial charge in [-0.1, -0.05) is 18.7 Å². The van der Waals surface area contributed by atoms with E-state index in [1.54, 1.807) is 18.5 Å². The average molecular weight is 264 g/mol. The van der Waals surface area contributed by atoms with Gasteiger partial charge in [-0.3, -0.25) is 4.57 Å². The van der Waals surface area contributed by atoms with Crippen molar-refractivity contribution in [3.63, 3.8) is 0 Å². The predicted molar refractivity (Wildman–Crippen MR) is 65.2 cm³/mol. The van der Waals surface area contributed by atoms with E-state index in [0.29, 0.717) is 22.6 Å². The van der Waals surface area contributed by atoms with Crippen LogP contribution >= 0.6 is 23.4 Å². The Labute approximate surface area is 103 Å². The normalized spacial score (nSPS) is 12.8. The van der Waals surface area contributed by atoms with Crippen molar-refractivity contribution in [2.45, 2.75) is 18.9 Å². The van der Waals surface area contributed by atoms with Crippen LogP contribution in [0.3, 0.4) is 0 Å². The molecule has 16 heavy (non-hydrogen) atoms. The Kier molecular flexibility index (Phi) is 4.61. The summed E-state index contributed by atoms with van der Waals surface area (Å²) < 4.78 is 1.74. The Morgan fingerprint density at radius 2 is 2.31 bits per heavy atom. The summed E-state index contributed by atoms with van der Waals surface area (Å²) in [6.07, 6.45) is 0. The van der Waals surface area contributed by atoms with Crippen molar-refractivity contribution in [1.29, 1.82) is 0 Å². The number of imidazole rings is 1. The lowest BCUT2D eigenvalue weighted by Crippen LogP contribution is -2.02. The molecule has 0 aliphatic carbocycles. The van der Waals surface area contributed by atoms with E-state index in [4.69, 9.17) is 11.6 Å². The lowest BCUT2D eigenvalue weighted by molar-refractivity contribution is -0.392. The molecular formula is C9H14ClN3O2S. The topological polar surface area (TPSA) is 61.0 Å². The van der Waals surface area contributed by atoms with Gasteiger partial charge >= 0.3 is 5.82 Å². The standard InChI is InChI=1S/C9H14ClN3O2S/c1-6(4-10)5-16-9-8(13(14)15)11-7(2)12(9)3/h6H,4-5H2,1-3H3. The van der Waals surface area contributed by atoms with Gasteiger partial charge < -0.3 is 10.1 Å². The summed E-state index contributed by atoms with van der Waals surface area (Å²) in [6.45, 7) is 3.76. The number of aromatic nitrogens is 2. The second-order valence-corrected chi connectivity index (χ2v) is 4.99. The Hall–Kier alpha value is -0.750. The van der Waals surface area contributed by atoms with Crippen molar-refractivity contribution in [2.75, 3.05) is 11.6 Å². The van der Waals surface area contributed by atoms with Gasteiger partial charge in [0.2, 0.25) is 5.82 Å². The third kappa shape index (κ3) is 2.89. The molecule has 7 heteroatoms. The van der Waals surface area contributed by atoms with Gasteiger partial charge in [0.15, 0.2) is 5.03 Å². The fourth-order valence-electron chi connectivity index (χ4n) is 1.12. The quantitative estimate of drug-likeness (QED) is 0.355. The molecule has 5 nitrogen and oxygen atoms in total. The van der Waals surface area contributed by atoms with E-state index in [1.807, 2.05) is 6.92 Å². The summed E-state index contributed by atoms with van der Waals surface area (Å²) >= 11 is 7.13. The molecule has 0 aliphatic rings. The average Bonchev–Trinajstić information content (AvgIpc) is 2.53. The minimum absolute atomic E-state index is 0.0632. The Balaban J connectivity index is 2.89. The molecule has 0 amide bonds. The molecule has 0 aliphatic heterocycles. The third-order valence-corrected chi connectivity index (χ3v) is 4.18. The zero-order chi connectivity index (χ0) is 12.3. The highest BCUT2D eigenvalue weighted by molar-refractivity contribution is 7.99. The maximum absolute atomic E-state index is 10.8. The van der Waals surface area contributed by atoms with E-state index in [0.717, 1.165) is 5.75 Å². The van der Waals surface area contributed by atoms with Crippen molar-refractivity contribution in [3.05, 3.63) is 15.9 Å². The molecule has 1 aromatic heterocycles. The number of thioether (sulfide) groups is 1. The van der Waals surface area contributed by atoms with Crippen LogP contribution in [0.5, 0.6) is 0 Å². The highest BCUT2D eigenvalue weighted by Crippen LogP contribution is 2.30. The molecule has 90 valence electrons. The Morgan fingerprint density at radius 1 is 1.69 bits per heavy atom. The minimum Gasteiger partial charge on any atom is -0.358 e. The zero-order valence-electron chi connectivity index (χ0n) is 9.44. The number of halogens is 1. The van der Waals surface area contributed by atoms with Crippen LogP contribution in [0.1, 0.15) is 12.7 Å². The number of rotatable bonds is 5. The highest BCUT2D eigenvalue weighted by atomic mass is 35.5. The van der Waals surface area contributed by atoms with Crippen molar-refractivity contribution in [3.8, 4) is 0 Å². The fraction of sp³-hybridized carbons (Fsp3) is 0.667. The first-order valence-electron chi connectivity index (χ1n) is 4.83. The van der Waals surface area contributed by atoms with Gasteiger partial charge in [-0.05, 0) is 15.8 Å². The predicted octanol–water partition coefficient (Wildman–Crippen LogP) is 2.60. The Bertz CT molecular complexity index is 394. The van der Waals surface area contributed by atoms with Crippen LogP contribution in [0.25, 0.3) is 0 Å². The van der Waals surface area contributed by atoms with Crippen molar-refractivity contribution in [1.82, 2.24) is 9.55 Å². The van der Waals surface area contributed by atoms with Gasteiger partial charge in [0.05, 0.1) is 0 Å². The molecular weight excluding hydrogens is 250 g/mol. The number of alkyl halides is 1. The van der Waals surface area contributed by atoms with Crippen LogP contribution in [0.4, 0.5) is 5.82 Å². The lowest BCUT2D eigenvalue weighted by Gasteiger charge is -2.06. The number of hydrogen-bond acceptors (Lipinski definition) is 4. The zero-order valence-corrected chi connectivity index (χ0v) is 11.0. The second-order valence-electron chi connectivity index (χ2n) is 3.67. The summed E-state index contributed by atoms with van der Waals surface area (Å²) in [5.41, 5.74) is 0. The second kappa shape index (κ2) is 5.54. The summed E-state index contributed by atoms with van der Waals surface area (Å²) in [7, 11) is 1.78. The van der Waals surface area contributed by atoms with Gasteiger partial charge in [0, 0.05) is 25.6 Å². The van der Waals surface area contributed by atoms with Crippen molar-refractivity contribution < 1.29 is 4.92 Å². The minimum atomic E-state index is -0.444. The first-order valence-corrected chi connectivity index (χ1v) is 6.35. The number of nitrogens with zero attached hydrogens (tertiary/aromatic N) is 3. The molecule has 0 saturated carbocycles. The van der Waals surface area contributed by atoms with Crippen molar-refractivity contribution in [2.24, 2.45) is 13.0 Å². The molecule has 1 atom stereocenters. The Morgan fingerprint density at radius 3 is 2.81 bits per heavy atom. The van der Waals surface area contributed by atoms with E-state index in [9.17, 15) is 10.1 Å². The van der Waals surface area contributed by atoms with E-state index in [-0.39, 0.29) is 5.82 Å². The van der Waals surface area contributed by atoms with Gasteiger partial charge in [-0.2, -0.15) is 0 Å². The first-order chi connectivity index (χ1) is 7.47. The monoisotopic (exact) mass is 263 g/mol. The van der Waals surface area contributed by atoms with Crippen LogP contribution in [0.15, 0.2) is 5.03 Å². The molecule has 1 unspecified atom stereocenters. The van der Waals surface area contributed by atoms with Crippen LogP contribution in [0, 0.1) is 23.0 Å². The summed E-state index contributed by atoms with van der Waals surface area (Å²) in [6, 6.07) is 0. The molecule has 0 spiro atoms. The number of nitro groups is 1. The molecule has 1 heterocycles. The number of hydrogen-bond donors (Lipinski definition) is 0. The highest BCUT2D eigenvalue weighted by Gasteiger charge is 2.24. The lowest BCUT2D eigenvalue weighted by atomic mass is 10.3. The molecule has 1 rings (SSSR count). The maximum atomic E-state index is 10.8. The molecule has 0 bridgehead atoms. The van der Waals surface area contributed by atoms with E-state index >= 15 is 0 Å². The van der Waals surface area contributed by atoms with Gasteiger partial charge in [0.25, 0.3) is 0 Å². The fourth-order valence-corrected chi connectivity index (χ4v) is 2.49. The smallest absolute Gasteiger partial charge is 0.358 e. The van der Waals surface area contributed by atoms with E-state index < -0.39 is 4.92 Å². The van der Waals surface area contributed by atoms with Crippen LogP contribution in [0.2, 0.25) is 0 Å². The van der Waals surface area contributed by atoms with Gasteiger partial charge in [0.1, 0.15) is 0 Å². The first kappa shape index (κ1) is 13.3. The summed E-state index contributed by atoms with van der Waals surface area (Å²) in [5.74, 6) is 2.21. The number of aryl methyl sites for hydroxylation is 1. The summed E-state index contributed by atoms with van der Waals surface area (Å²) in [4.78, 5) is 14.3. The van der Waals surface area contributed by atoms with Crippen molar-refractivity contribution >= 4 is 29.2 Å². The largest absolute Gasteiger partial charge is 0.396 e. The molecule has 0 N–H and O–H groups in total. The van der Waals surface area contributed by atoms with Crippen LogP contribution in [-0.4, -0.2) is 26.1 Å². The van der Waals surface area contributed by atoms with E-state index in [2.05, 4.69) is 4.98 Å². The molecule has 0 fully saturated rings. The molecule has 1 aromatic rings. The van der Waals surface area contributed by atoms with Crippen LogP contribution < -0.4 is 0 Å². The SMILES string of the molecule is Cc1nc([N+](=O)[O-])c(SCC(C)CCl)n1C. The third-order valence-electron chi connectivity index (χ3n) is 2.19. The molecule has 0 aromatic carbocycles. The summed E-state index contributed by atoms with van der Waals surface area (Å²) in [5, 5.41) is 11.4.